The summed E-state index contributed by atoms with van der Waals surface area (Å²) in [4.78, 5) is 2.39. The molecule has 1 atom stereocenters. The van der Waals surface area contributed by atoms with E-state index in [1.165, 1.54) is 0 Å². The summed E-state index contributed by atoms with van der Waals surface area (Å²) in [5.41, 5.74) is 0. The van der Waals surface area contributed by atoms with Crippen molar-refractivity contribution in [2.75, 3.05) is 33.4 Å². The molecule has 1 aromatic rings. The fraction of sp³-hybridized carbons (Fsp3) is 0.692. The highest BCUT2D eigenvalue weighted by Crippen LogP contribution is 2.08. The Bertz CT molecular complexity index is 275. The van der Waals surface area contributed by atoms with E-state index < -0.39 is 0 Å². The van der Waals surface area contributed by atoms with Crippen LogP contribution in [-0.4, -0.2) is 44.3 Å². The highest BCUT2D eigenvalue weighted by molar-refractivity contribution is 4.98. The van der Waals surface area contributed by atoms with Gasteiger partial charge in [0.25, 0.3) is 0 Å². The maximum atomic E-state index is 5.38. The number of methoxy groups -OCH3 is 1. The summed E-state index contributed by atoms with van der Waals surface area (Å²) in [6.07, 6.45) is 1.73. The molecule has 0 bridgehead atoms. The molecule has 1 unspecified atom stereocenters. The Morgan fingerprint density at radius 2 is 2.35 bits per heavy atom. The van der Waals surface area contributed by atoms with E-state index in [2.05, 4.69) is 24.1 Å². The second-order valence-corrected chi connectivity index (χ2v) is 4.19. The minimum atomic E-state index is 0.488. The third-order valence-corrected chi connectivity index (χ3v) is 2.89. The van der Waals surface area contributed by atoms with Gasteiger partial charge >= 0.3 is 0 Å². The molecular weight excluding hydrogens is 216 g/mol. The SMILES string of the molecule is CCN(Cc1ccco1)C(C)CNCCOC. The lowest BCUT2D eigenvalue weighted by Crippen LogP contribution is -2.40. The number of hydrogen-bond donors (Lipinski definition) is 1. The fourth-order valence-corrected chi connectivity index (χ4v) is 1.80. The summed E-state index contributed by atoms with van der Waals surface area (Å²) in [6, 6.07) is 4.44. The summed E-state index contributed by atoms with van der Waals surface area (Å²) in [5, 5.41) is 3.38. The average molecular weight is 240 g/mol. The van der Waals surface area contributed by atoms with E-state index in [1.807, 2.05) is 12.1 Å². The lowest BCUT2D eigenvalue weighted by atomic mass is 10.2. The van der Waals surface area contributed by atoms with E-state index in [4.69, 9.17) is 9.15 Å². The van der Waals surface area contributed by atoms with Gasteiger partial charge in [-0.3, -0.25) is 4.90 Å². The Hall–Kier alpha value is -0.840. The Labute approximate surface area is 104 Å². The van der Waals surface area contributed by atoms with Crippen LogP contribution in [0.5, 0.6) is 0 Å². The van der Waals surface area contributed by atoms with E-state index in [1.54, 1.807) is 13.4 Å². The first-order valence-corrected chi connectivity index (χ1v) is 6.24. The molecule has 0 spiro atoms. The highest BCUT2D eigenvalue weighted by Gasteiger charge is 2.13. The maximum absolute atomic E-state index is 5.38. The van der Waals surface area contributed by atoms with Crippen LogP contribution in [-0.2, 0) is 11.3 Å². The molecule has 1 rings (SSSR count). The molecule has 17 heavy (non-hydrogen) atoms. The quantitative estimate of drug-likeness (QED) is 0.667. The molecule has 0 amide bonds. The first-order chi connectivity index (χ1) is 8.27. The van der Waals surface area contributed by atoms with Crippen molar-refractivity contribution in [2.45, 2.75) is 26.4 Å². The van der Waals surface area contributed by atoms with Crippen molar-refractivity contribution >= 4 is 0 Å². The first-order valence-electron chi connectivity index (χ1n) is 6.24. The molecule has 1 N–H and O–H groups in total. The lowest BCUT2D eigenvalue weighted by molar-refractivity contribution is 0.176. The zero-order chi connectivity index (χ0) is 12.5. The van der Waals surface area contributed by atoms with E-state index in [-0.39, 0.29) is 0 Å². The predicted octanol–water partition coefficient (Wildman–Crippen LogP) is 1.73. The summed E-state index contributed by atoms with van der Waals surface area (Å²) in [6.45, 7) is 8.93. The zero-order valence-electron chi connectivity index (χ0n) is 11.1. The third kappa shape index (κ3) is 5.35. The van der Waals surface area contributed by atoms with Gasteiger partial charge in [0.1, 0.15) is 5.76 Å². The van der Waals surface area contributed by atoms with Crippen molar-refractivity contribution in [3.05, 3.63) is 24.2 Å². The topological polar surface area (TPSA) is 37.6 Å². The predicted molar refractivity (Wildman–Crippen MR) is 69.0 cm³/mol. The van der Waals surface area contributed by atoms with Gasteiger partial charge in [-0.05, 0) is 25.6 Å². The second kappa shape index (κ2) is 8.28. The van der Waals surface area contributed by atoms with Crippen LogP contribution in [0.15, 0.2) is 22.8 Å². The second-order valence-electron chi connectivity index (χ2n) is 4.19. The standard InChI is InChI=1S/C13H24N2O2/c1-4-15(11-13-6-5-8-17-13)12(2)10-14-7-9-16-3/h5-6,8,12,14H,4,7,9-11H2,1-3H3. The number of ether oxygens (including phenoxy) is 1. The van der Waals surface area contributed by atoms with Crippen LogP contribution in [0.4, 0.5) is 0 Å². The van der Waals surface area contributed by atoms with Gasteiger partial charge in [0, 0.05) is 26.2 Å². The van der Waals surface area contributed by atoms with E-state index in [0.717, 1.165) is 38.5 Å². The van der Waals surface area contributed by atoms with Crippen molar-refractivity contribution in [1.82, 2.24) is 10.2 Å². The molecule has 0 saturated heterocycles. The molecular formula is C13H24N2O2. The number of likely N-dealkylation sites (N-methyl/N-ethyl adjacent to an activating group) is 1. The van der Waals surface area contributed by atoms with Gasteiger partial charge < -0.3 is 14.5 Å². The molecule has 0 saturated carbocycles. The van der Waals surface area contributed by atoms with Crippen LogP contribution in [0, 0.1) is 0 Å². The molecule has 98 valence electrons. The van der Waals surface area contributed by atoms with Gasteiger partial charge in [0.15, 0.2) is 0 Å². The molecule has 1 heterocycles. The van der Waals surface area contributed by atoms with Crippen molar-refractivity contribution in [3.63, 3.8) is 0 Å². The van der Waals surface area contributed by atoms with Crippen molar-refractivity contribution in [1.29, 1.82) is 0 Å². The summed E-state index contributed by atoms with van der Waals surface area (Å²) >= 11 is 0. The normalized spacial score (nSPS) is 13.2. The fourth-order valence-electron chi connectivity index (χ4n) is 1.80. The Morgan fingerprint density at radius 3 is 2.94 bits per heavy atom. The van der Waals surface area contributed by atoms with Gasteiger partial charge in [-0.1, -0.05) is 6.92 Å². The summed E-state index contributed by atoms with van der Waals surface area (Å²) < 4.78 is 10.4. The van der Waals surface area contributed by atoms with Crippen LogP contribution in [0.25, 0.3) is 0 Å². The minimum Gasteiger partial charge on any atom is -0.468 e. The number of furan rings is 1. The molecule has 4 nitrogen and oxygen atoms in total. The van der Waals surface area contributed by atoms with Gasteiger partial charge in [-0.15, -0.1) is 0 Å². The first kappa shape index (κ1) is 14.2. The third-order valence-electron chi connectivity index (χ3n) is 2.89. The largest absolute Gasteiger partial charge is 0.468 e. The lowest BCUT2D eigenvalue weighted by Gasteiger charge is -2.27. The molecule has 0 fully saturated rings. The van der Waals surface area contributed by atoms with Crippen molar-refractivity contribution in [2.24, 2.45) is 0 Å². The number of hydrogen-bond acceptors (Lipinski definition) is 4. The van der Waals surface area contributed by atoms with Crippen molar-refractivity contribution in [3.8, 4) is 0 Å². The van der Waals surface area contributed by atoms with Crippen LogP contribution in [0.2, 0.25) is 0 Å². The molecule has 4 heteroatoms. The Balaban J connectivity index is 2.28. The van der Waals surface area contributed by atoms with Gasteiger partial charge in [-0.2, -0.15) is 0 Å². The van der Waals surface area contributed by atoms with Gasteiger partial charge in [0.2, 0.25) is 0 Å². The van der Waals surface area contributed by atoms with Crippen LogP contribution < -0.4 is 5.32 Å². The molecule has 0 aliphatic carbocycles. The zero-order valence-corrected chi connectivity index (χ0v) is 11.1. The molecule has 0 aliphatic rings. The van der Waals surface area contributed by atoms with E-state index >= 15 is 0 Å². The number of nitrogens with zero attached hydrogens (tertiary/aromatic N) is 1. The van der Waals surface area contributed by atoms with Gasteiger partial charge in [0.05, 0.1) is 19.4 Å². The maximum Gasteiger partial charge on any atom is 0.117 e. The van der Waals surface area contributed by atoms with Gasteiger partial charge in [-0.25, -0.2) is 0 Å². The number of rotatable bonds is 9. The van der Waals surface area contributed by atoms with Crippen LogP contribution >= 0.6 is 0 Å². The average Bonchev–Trinajstić information content (AvgIpc) is 2.84. The summed E-state index contributed by atoms with van der Waals surface area (Å²) in [5.74, 6) is 1.02. The summed E-state index contributed by atoms with van der Waals surface area (Å²) in [7, 11) is 1.72. The smallest absolute Gasteiger partial charge is 0.117 e. The molecule has 0 aromatic carbocycles. The highest BCUT2D eigenvalue weighted by atomic mass is 16.5. The molecule has 1 aromatic heterocycles. The van der Waals surface area contributed by atoms with E-state index in [0.29, 0.717) is 6.04 Å². The Morgan fingerprint density at radius 1 is 1.53 bits per heavy atom. The van der Waals surface area contributed by atoms with E-state index in [9.17, 15) is 0 Å². The van der Waals surface area contributed by atoms with Crippen LogP contribution in [0.1, 0.15) is 19.6 Å². The molecule has 0 aliphatic heterocycles. The van der Waals surface area contributed by atoms with Crippen LogP contribution in [0.3, 0.4) is 0 Å². The molecule has 0 radical (unpaired) electrons. The number of nitrogens with one attached hydrogen (secondary N) is 1. The monoisotopic (exact) mass is 240 g/mol. The van der Waals surface area contributed by atoms with Crippen molar-refractivity contribution < 1.29 is 9.15 Å². The minimum absolute atomic E-state index is 0.488. The Kier molecular flexibility index (Phi) is 6.93.